The number of carbonyl (C=O) groups excluding carboxylic acids is 1. The van der Waals surface area contributed by atoms with Gasteiger partial charge in [-0.15, -0.1) is 0 Å². The quantitative estimate of drug-likeness (QED) is 0.361. The Morgan fingerprint density at radius 3 is 2.65 bits per heavy atom. The van der Waals surface area contributed by atoms with Gasteiger partial charge in [0.05, 0.1) is 17.0 Å². The molecule has 4 aromatic rings. The maximum Gasteiger partial charge on any atom is 0.231 e. The molecule has 0 saturated carbocycles. The molecule has 31 heavy (non-hydrogen) atoms. The lowest BCUT2D eigenvalue weighted by molar-refractivity contribution is -0.118. The Balaban J connectivity index is 1.28. The van der Waals surface area contributed by atoms with E-state index < -0.39 is 0 Å². The number of thioether (sulfide) groups is 1. The van der Waals surface area contributed by atoms with Gasteiger partial charge in [-0.3, -0.25) is 4.79 Å². The number of ether oxygens (including phenoxy) is 2. The third-order valence-electron chi connectivity index (χ3n) is 4.89. The van der Waals surface area contributed by atoms with Crippen LogP contribution in [0.15, 0.2) is 78.0 Å². The van der Waals surface area contributed by atoms with E-state index in [9.17, 15) is 4.79 Å². The van der Waals surface area contributed by atoms with E-state index in [0.717, 1.165) is 33.5 Å². The fraction of sp³-hybridized carbons (Fsp3) is 0.125. The maximum absolute atomic E-state index is 12.4. The zero-order chi connectivity index (χ0) is 21.0. The second-order valence-corrected chi connectivity index (χ2v) is 7.93. The summed E-state index contributed by atoms with van der Waals surface area (Å²) in [7, 11) is 0. The molecule has 0 unspecified atom stereocenters. The SMILES string of the molecule is O=C(CSc1nc(-c2ccccc2)c2ccccc2n1)NCc1ccc2c(c1)OCO2. The molecule has 0 radical (unpaired) electrons. The molecular formula is C24H19N3O3S. The van der Waals surface area contributed by atoms with Crippen LogP contribution in [0.5, 0.6) is 11.5 Å². The summed E-state index contributed by atoms with van der Waals surface area (Å²) in [6, 6.07) is 23.6. The lowest BCUT2D eigenvalue weighted by atomic mass is 10.1. The predicted molar refractivity (Wildman–Crippen MR) is 120 cm³/mol. The smallest absolute Gasteiger partial charge is 0.231 e. The highest BCUT2D eigenvalue weighted by molar-refractivity contribution is 7.99. The number of rotatable bonds is 6. The summed E-state index contributed by atoms with van der Waals surface area (Å²) in [6.07, 6.45) is 0. The second kappa shape index (κ2) is 8.65. The number of hydrogen-bond acceptors (Lipinski definition) is 6. The van der Waals surface area contributed by atoms with Crippen molar-refractivity contribution < 1.29 is 14.3 Å². The minimum Gasteiger partial charge on any atom is -0.454 e. The Labute approximate surface area is 183 Å². The highest BCUT2D eigenvalue weighted by Gasteiger charge is 2.14. The van der Waals surface area contributed by atoms with Gasteiger partial charge < -0.3 is 14.8 Å². The van der Waals surface area contributed by atoms with E-state index in [1.807, 2.05) is 72.8 Å². The van der Waals surface area contributed by atoms with Crippen molar-refractivity contribution in [2.45, 2.75) is 11.7 Å². The third-order valence-corrected chi connectivity index (χ3v) is 5.74. The van der Waals surface area contributed by atoms with Crippen LogP contribution in [0.1, 0.15) is 5.56 Å². The molecule has 0 atom stereocenters. The second-order valence-electron chi connectivity index (χ2n) is 6.99. The van der Waals surface area contributed by atoms with Crippen LogP contribution in [-0.2, 0) is 11.3 Å². The monoisotopic (exact) mass is 429 g/mol. The van der Waals surface area contributed by atoms with Crippen molar-refractivity contribution in [3.05, 3.63) is 78.4 Å². The third kappa shape index (κ3) is 4.32. The number of nitrogens with one attached hydrogen (secondary N) is 1. The van der Waals surface area contributed by atoms with Crippen LogP contribution >= 0.6 is 11.8 Å². The van der Waals surface area contributed by atoms with E-state index in [2.05, 4.69) is 10.3 Å². The Hall–Kier alpha value is -3.58. The summed E-state index contributed by atoms with van der Waals surface area (Å²) < 4.78 is 10.7. The lowest BCUT2D eigenvalue weighted by Crippen LogP contribution is -2.24. The van der Waals surface area contributed by atoms with E-state index in [-0.39, 0.29) is 18.5 Å². The van der Waals surface area contributed by atoms with E-state index in [4.69, 9.17) is 14.5 Å². The summed E-state index contributed by atoms with van der Waals surface area (Å²) >= 11 is 1.33. The average Bonchev–Trinajstić information content (AvgIpc) is 3.29. The Kier molecular flexibility index (Phi) is 5.41. The number of aromatic nitrogens is 2. The van der Waals surface area contributed by atoms with Crippen molar-refractivity contribution in [1.29, 1.82) is 0 Å². The van der Waals surface area contributed by atoms with Crippen LogP contribution in [0.25, 0.3) is 22.2 Å². The number of amides is 1. The van der Waals surface area contributed by atoms with Gasteiger partial charge in [-0.05, 0) is 23.8 Å². The normalized spacial score (nSPS) is 12.1. The molecule has 1 aliphatic rings. The van der Waals surface area contributed by atoms with Gasteiger partial charge in [-0.2, -0.15) is 0 Å². The minimum atomic E-state index is -0.0827. The minimum absolute atomic E-state index is 0.0827. The van der Waals surface area contributed by atoms with Crippen LogP contribution in [-0.4, -0.2) is 28.4 Å². The first-order chi connectivity index (χ1) is 15.3. The first-order valence-electron chi connectivity index (χ1n) is 9.86. The molecular weight excluding hydrogens is 410 g/mol. The summed E-state index contributed by atoms with van der Waals surface area (Å²) in [5, 5.41) is 4.50. The van der Waals surface area contributed by atoms with Crippen molar-refractivity contribution in [3.8, 4) is 22.8 Å². The molecule has 5 rings (SSSR count). The zero-order valence-electron chi connectivity index (χ0n) is 16.6. The largest absolute Gasteiger partial charge is 0.454 e. The summed E-state index contributed by atoms with van der Waals surface area (Å²) in [5.41, 5.74) is 3.71. The van der Waals surface area contributed by atoms with Gasteiger partial charge in [0.15, 0.2) is 16.7 Å². The van der Waals surface area contributed by atoms with E-state index in [0.29, 0.717) is 17.5 Å². The molecule has 1 aliphatic heterocycles. The Morgan fingerprint density at radius 1 is 0.935 bits per heavy atom. The molecule has 1 amide bonds. The summed E-state index contributed by atoms with van der Waals surface area (Å²) in [6.45, 7) is 0.655. The number of fused-ring (bicyclic) bond motifs is 2. The van der Waals surface area contributed by atoms with Crippen LogP contribution < -0.4 is 14.8 Å². The molecule has 6 nitrogen and oxygen atoms in total. The van der Waals surface area contributed by atoms with Crippen LogP contribution in [0, 0.1) is 0 Å². The van der Waals surface area contributed by atoms with Crippen molar-refractivity contribution >= 4 is 28.6 Å². The van der Waals surface area contributed by atoms with E-state index >= 15 is 0 Å². The molecule has 2 heterocycles. The van der Waals surface area contributed by atoms with Crippen molar-refractivity contribution in [3.63, 3.8) is 0 Å². The maximum atomic E-state index is 12.4. The molecule has 1 aromatic heterocycles. The highest BCUT2D eigenvalue weighted by atomic mass is 32.2. The lowest BCUT2D eigenvalue weighted by Gasteiger charge is -2.09. The number of carbonyl (C=O) groups is 1. The number of hydrogen-bond donors (Lipinski definition) is 1. The van der Waals surface area contributed by atoms with Crippen LogP contribution in [0.2, 0.25) is 0 Å². The van der Waals surface area contributed by atoms with Gasteiger partial charge >= 0.3 is 0 Å². The Morgan fingerprint density at radius 2 is 1.74 bits per heavy atom. The molecule has 0 saturated heterocycles. The predicted octanol–water partition coefficient (Wildman–Crippen LogP) is 4.43. The first kappa shape index (κ1) is 19.4. The summed E-state index contributed by atoms with van der Waals surface area (Å²) in [4.78, 5) is 21.8. The molecule has 3 aromatic carbocycles. The molecule has 154 valence electrons. The highest BCUT2D eigenvalue weighted by Crippen LogP contribution is 2.32. The van der Waals surface area contributed by atoms with Gasteiger partial charge in [-0.1, -0.05) is 66.4 Å². The molecule has 0 fully saturated rings. The number of nitrogens with zero attached hydrogens (tertiary/aromatic N) is 2. The Bertz CT molecular complexity index is 1250. The number of benzene rings is 3. The molecule has 1 N–H and O–H groups in total. The molecule has 7 heteroatoms. The van der Waals surface area contributed by atoms with Crippen molar-refractivity contribution in [1.82, 2.24) is 15.3 Å². The molecule has 0 aliphatic carbocycles. The van der Waals surface area contributed by atoms with Gasteiger partial charge in [0.2, 0.25) is 12.7 Å². The fourth-order valence-electron chi connectivity index (χ4n) is 3.37. The standard InChI is InChI=1S/C24H19N3O3S/c28-22(25-13-16-10-11-20-21(12-16)30-15-29-20)14-31-24-26-19-9-5-4-8-18(19)23(27-24)17-6-2-1-3-7-17/h1-12H,13-15H2,(H,25,28). The number of para-hydroxylation sites is 1. The van der Waals surface area contributed by atoms with Crippen LogP contribution in [0.3, 0.4) is 0 Å². The van der Waals surface area contributed by atoms with Crippen molar-refractivity contribution in [2.24, 2.45) is 0 Å². The van der Waals surface area contributed by atoms with Crippen LogP contribution in [0.4, 0.5) is 0 Å². The zero-order valence-corrected chi connectivity index (χ0v) is 17.4. The summed E-state index contributed by atoms with van der Waals surface area (Å²) in [5.74, 6) is 1.59. The molecule has 0 bridgehead atoms. The van der Waals surface area contributed by atoms with Gasteiger partial charge in [0, 0.05) is 17.5 Å². The van der Waals surface area contributed by atoms with Crippen molar-refractivity contribution in [2.75, 3.05) is 12.5 Å². The fourth-order valence-corrected chi connectivity index (χ4v) is 4.05. The van der Waals surface area contributed by atoms with E-state index in [1.54, 1.807) is 0 Å². The molecule has 0 spiro atoms. The first-order valence-corrected chi connectivity index (χ1v) is 10.8. The van der Waals surface area contributed by atoms with Gasteiger partial charge in [0.1, 0.15) is 0 Å². The van der Waals surface area contributed by atoms with Gasteiger partial charge in [-0.25, -0.2) is 9.97 Å². The average molecular weight is 430 g/mol. The van der Waals surface area contributed by atoms with Gasteiger partial charge in [0.25, 0.3) is 0 Å². The topological polar surface area (TPSA) is 73.3 Å². The van der Waals surface area contributed by atoms with E-state index in [1.165, 1.54) is 11.8 Å².